The van der Waals surface area contributed by atoms with Gasteiger partial charge in [0.15, 0.2) is 9.84 Å². The molecule has 2 aromatic heterocycles. The number of nitrogens with two attached hydrogens (primary N) is 1. The molecule has 3 fully saturated rings. The molecule has 1 saturated heterocycles. The molecule has 0 atom stereocenters. The van der Waals surface area contributed by atoms with Crippen LogP contribution in [-0.2, 0) is 16.3 Å². The molecular weight excluding hydrogens is 498 g/mol. The van der Waals surface area contributed by atoms with E-state index < -0.39 is 9.84 Å². The van der Waals surface area contributed by atoms with Crippen LogP contribution in [0.15, 0.2) is 30.7 Å². The van der Waals surface area contributed by atoms with Crippen molar-refractivity contribution in [2.75, 3.05) is 36.9 Å². The minimum absolute atomic E-state index is 0.0134. The lowest BCUT2D eigenvalue weighted by Crippen LogP contribution is -2.44. The first-order valence-corrected chi connectivity index (χ1v) is 16.1. The molecule has 3 aromatic rings. The van der Waals surface area contributed by atoms with E-state index in [0.29, 0.717) is 30.9 Å². The summed E-state index contributed by atoms with van der Waals surface area (Å²) in [6, 6.07) is 6.99. The van der Waals surface area contributed by atoms with Crippen LogP contribution in [-0.4, -0.2) is 64.6 Å². The molecule has 9 heteroatoms. The van der Waals surface area contributed by atoms with E-state index in [9.17, 15) is 8.42 Å². The number of nitrogen functional groups attached to an aromatic ring is 1. The van der Waals surface area contributed by atoms with Crippen molar-refractivity contribution in [1.29, 1.82) is 0 Å². The number of rotatable bonds is 4. The summed E-state index contributed by atoms with van der Waals surface area (Å²) >= 11 is 0. The van der Waals surface area contributed by atoms with E-state index in [2.05, 4.69) is 43.8 Å². The number of aromatic nitrogens is 3. The molecule has 38 heavy (non-hydrogen) atoms. The van der Waals surface area contributed by atoms with Gasteiger partial charge >= 0.3 is 0 Å². The molecule has 4 heterocycles. The molecule has 2 aliphatic carbocycles. The van der Waals surface area contributed by atoms with Gasteiger partial charge in [-0.2, -0.15) is 0 Å². The third-order valence-corrected chi connectivity index (χ3v) is 11.1. The Morgan fingerprint density at radius 2 is 1.84 bits per heavy atom. The van der Waals surface area contributed by atoms with Gasteiger partial charge in [-0.3, -0.25) is 0 Å². The zero-order valence-electron chi connectivity index (χ0n) is 21.9. The van der Waals surface area contributed by atoms with Gasteiger partial charge in [0.1, 0.15) is 29.1 Å². The fourth-order valence-electron chi connectivity index (χ4n) is 7.20. The predicted molar refractivity (Wildman–Crippen MR) is 149 cm³/mol. The van der Waals surface area contributed by atoms with Crippen molar-refractivity contribution in [2.45, 2.75) is 69.4 Å². The van der Waals surface area contributed by atoms with E-state index in [4.69, 9.17) is 10.5 Å². The van der Waals surface area contributed by atoms with Crippen molar-refractivity contribution in [2.24, 2.45) is 5.92 Å². The maximum atomic E-state index is 11.8. The number of anilines is 1. The Balaban J connectivity index is 1.14. The van der Waals surface area contributed by atoms with Gasteiger partial charge in [-0.25, -0.2) is 18.4 Å². The summed E-state index contributed by atoms with van der Waals surface area (Å²) in [5.74, 6) is 2.69. The van der Waals surface area contributed by atoms with E-state index in [1.165, 1.54) is 24.8 Å². The van der Waals surface area contributed by atoms with Crippen molar-refractivity contribution in [3.8, 4) is 16.9 Å². The highest BCUT2D eigenvalue weighted by Gasteiger charge is 2.38. The van der Waals surface area contributed by atoms with Crippen molar-refractivity contribution >= 4 is 26.7 Å². The zero-order valence-corrected chi connectivity index (χ0v) is 22.8. The monoisotopic (exact) mass is 535 g/mol. The fraction of sp³-hybridized carbons (Fsp3) is 0.586. The Morgan fingerprint density at radius 3 is 2.63 bits per heavy atom. The number of benzene rings is 1. The van der Waals surface area contributed by atoms with Crippen molar-refractivity contribution in [3.05, 3.63) is 36.3 Å². The van der Waals surface area contributed by atoms with Crippen LogP contribution in [0.1, 0.15) is 63.0 Å². The molecule has 2 saturated carbocycles. The van der Waals surface area contributed by atoms with Gasteiger partial charge in [0.2, 0.25) is 0 Å². The number of nitrogens with zero attached hydrogens (tertiary/aromatic N) is 4. The van der Waals surface area contributed by atoms with Crippen LogP contribution in [0, 0.1) is 5.92 Å². The van der Waals surface area contributed by atoms with E-state index in [1.807, 2.05) is 0 Å². The number of aryl methyl sites for hydroxylation is 1. The summed E-state index contributed by atoms with van der Waals surface area (Å²) in [6.45, 7) is 2.29. The average Bonchev–Trinajstić information content (AvgIpc) is 3.27. The van der Waals surface area contributed by atoms with E-state index in [-0.39, 0.29) is 17.1 Å². The van der Waals surface area contributed by atoms with Crippen LogP contribution in [0.25, 0.3) is 22.2 Å². The van der Waals surface area contributed by atoms with E-state index >= 15 is 0 Å². The molecule has 7 rings (SSSR count). The summed E-state index contributed by atoms with van der Waals surface area (Å²) in [6.07, 6.45) is 14.3. The zero-order chi connectivity index (χ0) is 25.9. The van der Waals surface area contributed by atoms with Crippen LogP contribution in [0.2, 0.25) is 0 Å². The third kappa shape index (κ3) is 4.37. The van der Waals surface area contributed by atoms with Gasteiger partial charge in [-0.1, -0.05) is 18.6 Å². The highest BCUT2D eigenvalue weighted by Crippen LogP contribution is 2.46. The number of ether oxygens (including phenoxy) is 1. The SMILES string of the molecule is Nc1ncnc2c1c(-c1ccc3c(c1)OC1(CCCCC1)CC3)cn2[C@H]1C[C@@H](CN2CCS(=O)(=O)CC2)C1. The molecule has 4 aliphatic rings. The van der Waals surface area contributed by atoms with Gasteiger partial charge in [0.25, 0.3) is 0 Å². The lowest BCUT2D eigenvalue weighted by Gasteiger charge is -2.41. The minimum atomic E-state index is -2.84. The molecule has 2 aliphatic heterocycles. The van der Waals surface area contributed by atoms with E-state index in [1.54, 1.807) is 6.33 Å². The second-order valence-electron chi connectivity index (χ2n) is 12.0. The first-order valence-electron chi connectivity index (χ1n) is 14.2. The van der Waals surface area contributed by atoms with Crippen LogP contribution >= 0.6 is 0 Å². The van der Waals surface area contributed by atoms with Crippen molar-refractivity contribution in [1.82, 2.24) is 19.4 Å². The standard InChI is InChI=1S/C29H37N5O3S/c30-27-26-24(22-5-4-21-6-9-29(37-25(21)16-22)7-2-1-3-8-29)18-34(28(26)32-19-31-27)23-14-20(15-23)17-33-10-12-38(35,36)13-11-33/h4-5,16,18-20,23H,1-3,6-15,17H2,(H2,30,31,32)/t20-,23+. The first kappa shape index (κ1) is 24.4. The summed E-state index contributed by atoms with van der Waals surface area (Å²) in [5, 5.41) is 0.917. The van der Waals surface area contributed by atoms with Crippen LogP contribution in [0.3, 0.4) is 0 Å². The van der Waals surface area contributed by atoms with Crippen molar-refractivity contribution < 1.29 is 13.2 Å². The summed E-state index contributed by atoms with van der Waals surface area (Å²) < 4.78 is 32.6. The van der Waals surface area contributed by atoms with Crippen LogP contribution in [0.5, 0.6) is 5.75 Å². The molecule has 1 aromatic carbocycles. The Labute approximate surface area is 224 Å². The highest BCUT2D eigenvalue weighted by molar-refractivity contribution is 7.91. The minimum Gasteiger partial charge on any atom is -0.487 e. The number of sulfone groups is 1. The lowest BCUT2D eigenvalue weighted by molar-refractivity contribution is 0.0108. The number of fused-ring (bicyclic) bond motifs is 2. The highest BCUT2D eigenvalue weighted by atomic mass is 32.2. The van der Waals surface area contributed by atoms with Gasteiger partial charge in [-0.15, -0.1) is 0 Å². The molecule has 8 nitrogen and oxygen atoms in total. The Bertz CT molecular complexity index is 1460. The second kappa shape index (κ2) is 9.23. The number of hydrogen-bond donors (Lipinski definition) is 1. The second-order valence-corrected chi connectivity index (χ2v) is 14.3. The fourth-order valence-corrected chi connectivity index (χ4v) is 8.48. The quantitative estimate of drug-likeness (QED) is 0.528. The van der Waals surface area contributed by atoms with Gasteiger partial charge in [0.05, 0.1) is 16.9 Å². The maximum Gasteiger partial charge on any atom is 0.152 e. The molecule has 0 unspecified atom stereocenters. The predicted octanol–water partition coefficient (Wildman–Crippen LogP) is 4.39. The van der Waals surface area contributed by atoms with Crippen LogP contribution in [0.4, 0.5) is 5.82 Å². The van der Waals surface area contributed by atoms with E-state index in [0.717, 1.165) is 73.0 Å². The summed E-state index contributed by atoms with van der Waals surface area (Å²) in [5.41, 5.74) is 10.8. The molecule has 0 amide bonds. The first-order chi connectivity index (χ1) is 18.4. The molecule has 0 radical (unpaired) electrons. The van der Waals surface area contributed by atoms with Gasteiger partial charge in [0, 0.05) is 37.4 Å². The Morgan fingerprint density at radius 1 is 1.05 bits per heavy atom. The molecule has 202 valence electrons. The average molecular weight is 536 g/mol. The topological polar surface area (TPSA) is 103 Å². The molecule has 1 spiro atoms. The summed E-state index contributed by atoms with van der Waals surface area (Å²) in [7, 11) is -2.84. The maximum absolute atomic E-state index is 11.8. The lowest BCUT2D eigenvalue weighted by atomic mass is 9.79. The molecule has 2 N–H and O–H groups in total. The molecular formula is C29H37N5O3S. The van der Waals surface area contributed by atoms with Gasteiger partial charge in [-0.05, 0) is 74.5 Å². The number of hydrogen-bond acceptors (Lipinski definition) is 7. The van der Waals surface area contributed by atoms with Gasteiger partial charge < -0.3 is 19.9 Å². The van der Waals surface area contributed by atoms with Crippen LogP contribution < -0.4 is 10.5 Å². The summed E-state index contributed by atoms with van der Waals surface area (Å²) in [4.78, 5) is 11.3. The normalized spacial score (nSPS) is 26.5. The Kier molecular flexibility index (Phi) is 5.92. The largest absolute Gasteiger partial charge is 0.487 e. The Hall–Kier alpha value is -2.65. The van der Waals surface area contributed by atoms with Crippen molar-refractivity contribution in [3.63, 3.8) is 0 Å². The smallest absolute Gasteiger partial charge is 0.152 e. The molecule has 0 bridgehead atoms. The third-order valence-electron chi connectivity index (χ3n) is 9.52.